The predicted molar refractivity (Wildman–Crippen MR) is 59.7 cm³/mol. The predicted octanol–water partition coefficient (Wildman–Crippen LogP) is 0.622. The highest BCUT2D eigenvalue weighted by molar-refractivity contribution is 5.78. The molecular weight excluding hydrogens is 192 g/mol. The molecule has 88 valence electrons. The molecule has 0 heterocycles. The maximum absolute atomic E-state index is 11.6. The minimum Gasteiger partial charge on any atom is -0.385 e. The largest absolute Gasteiger partial charge is 0.385 e. The number of amides is 1. The minimum absolute atomic E-state index is 0.196. The van der Waals surface area contributed by atoms with Crippen LogP contribution >= 0.6 is 0 Å². The van der Waals surface area contributed by atoms with Crippen molar-refractivity contribution in [3.05, 3.63) is 0 Å². The molecule has 0 aromatic heterocycles. The lowest BCUT2D eigenvalue weighted by Gasteiger charge is -2.18. The lowest BCUT2D eigenvalue weighted by molar-refractivity contribution is -0.129. The smallest absolute Gasteiger partial charge is 0.236 e. The van der Waals surface area contributed by atoms with Gasteiger partial charge < -0.3 is 15.0 Å². The Hall–Kier alpha value is -0.610. The zero-order valence-electron chi connectivity index (χ0n) is 9.95. The van der Waals surface area contributed by atoms with E-state index in [0.717, 1.165) is 13.0 Å². The van der Waals surface area contributed by atoms with E-state index in [9.17, 15) is 4.79 Å². The number of hydrogen-bond donors (Lipinski definition) is 1. The second kappa shape index (κ2) is 6.08. The topological polar surface area (TPSA) is 41.6 Å². The van der Waals surface area contributed by atoms with Gasteiger partial charge in [0.2, 0.25) is 5.91 Å². The van der Waals surface area contributed by atoms with Gasteiger partial charge in [0.05, 0.1) is 6.54 Å². The zero-order chi connectivity index (χ0) is 11.3. The van der Waals surface area contributed by atoms with Gasteiger partial charge in [0.1, 0.15) is 0 Å². The lowest BCUT2D eigenvalue weighted by atomic mass is 10.2. The van der Waals surface area contributed by atoms with Crippen LogP contribution in [0.2, 0.25) is 0 Å². The monoisotopic (exact) mass is 214 g/mol. The van der Waals surface area contributed by atoms with Gasteiger partial charge in [-0.25, -0.2) is 0 Å². The number of rotatable bonds is 7. The van der Waals surface area contributed by atoms with Crippen LogP contribution in [-0.2, 0) is 9.53 Å². The lowest BCUT2D eigenvalue weighted by Crippen LogP contribution is -2.40. The summed E-state index contributed by atoms with van der Waals surface area (Å²) in [5.41, 5.74) is 0. The number of ether oxygens (including phenoxy) is 1. The van der Waals surface area contributed by atoms with Crippen LogP contribution in [0.15, 0.2) is 0 Å². The molecule has 15 heavy (non-hydrogen) atoms. The molecule has 0 bridgehead atoms. The first-order valence-electron chi connectivity index (χ1n) is 5.63. The Balaban J connectivity index is 2.09. The van der Waals surface area contributed by atoms with Crippen molar-refractivity contribution in [2.24, 2.45) is 0 Å². The quantitative estimate of drug-likeness (QED) is 0.675. The summed E-state index contributed by atoms with van der Waals surface area (Å²) in [4.78, 5) is 13.5. The van der Waals surface area contributed by atoms with Gasteiger partial charge in [-0.05, 0) is 26.2 Å². The fraction of sp³-hybridized carbons (Fsp3) is 0.909. The molecule has 4 nitrogen and oxygen atoms in total. The SMILES string of the molecule is COCCC(C)NCC(=O)N(C)C1CC1. The molecule has 0 aliphatic heterocycles. The van der Waals surface area contributed by atoms with Crippen LogP contribution in [0.5, 0.6) is 0 Å². The third kappa shape index (κ3) is 4.62. The summed E-state index contributed by atoms with van der Waals surface area (Å²) in [6.45, 7) is 3.25. The summed E-state index contributed by atoms with van der Waals surface area (Å²) in [5.74, 6) is 0.196. The van der Waals surface area contributed by atoms with E-state index in [2.05, 4.69) is 12.2 Å². The number of nitrogens with zero attached hydrogens (tertiary/aromatic N) is 1. The van der Waals surface area contributed by atoms with Gasteiger partial charge in [-0.3, -0.25) is 4.79 Å². The summed E-state index contributed by atoms with van der Waals surface area (Å²) in [6.07, 6.45) is 3.28. The van der Waals surface area contributed by atoms with Crippen LogP contribution in [0.4, 0.5) is 0 Å². The maximum atomic E-state index is 11.6. The molecular formula is C11H22N2O2. The van der Waals surface area contributed by atoms with Crippen LogP contribution in [0, 0.1) is 0 Å². The Morgan fingerprint density at radius 1 is 1.60 bits per heavy atom. The fourth-order valence-corrected chi connectivity index (χ4v) is 1.45. The van der Waals surface area contributed by atoms with Gasteiger partial charge in [0.25, 0.3) is 0 Å². The molecule has 0 saturated heterocycles. The number of nitrogens with one attached hydrogen (secondary N) is 1. The molecule has 0 aromatic carbocycles. The van der Waals surface area contributed by atoms with Gasteiger partial charge in [-0.1, -0.05) is 0 Å². The Bertz CT molecular complexity index is 205. The van der Waals surface area contributed by atoms with Crippen molar-refractivity contribution in [2.75, 3.05) is 27.3 Å². The Morgan fingerprint density at radius 2 is 2.27 bits per heavy atom. The molecule has 1 rings (SSSR count). The Morgan fingerprint density at radius 3 is 2.80 bits per heavy atom. The van der Waals surface area contributed by atoms with Gasteiger partial charge >= 0.3 is 0 Å². The molecule has 4 heteroatoms. The maximum Gasteiger partial charge on any atom is 0.236 e. The molecule has 1 unspecified atom stereocenters. The Kier molecular flexibility index (Phi) is 5.05. The molecule has 1 atom stereocenters. The first-order chi connectivity index (χ1) is 7.15. The number of carbonyl (C=O) groups excluding carboxylic acids is 1. The third-order valence-electron chi connectivity index (χ3n) is 2.84. The van der Waals surface area contributed by atoms with E-state index in [1.54, 1.807) is 7.11 Å². The number of likely N-dealkylation sites (N-methyl/N-ethyl adjacent to an activating group) is 1. The summed E-state index contributed by atoms with van der Waals surface area (Å²) >= 11 is 0. The van der Waals surface area contributed by atoms with Crippen LogP contribution in [0.1, 0.15) is 26.2 Å². The number of methoxy groups -OCH3 is 1. The van der Waals surface area contributed by atoms with Crippen molar-refractivity contribution < 1.29 is 9.53 Å². The highest BCUT2D eigenvalue weighted by atomic mass is 16.5. The molecule has 1 saturated carbocycles. The standard InChI is InChI=1S/C11H22N2O2/c1-9(6-7-15-3)12-8-11(14)13(2)10-4-5-10/h9-10,12H,4-8H2,1-3H3. The van der Waals surface area contributed by atoms with E-state index >= 15 is 0 Å². The highest BCUT2D eigenvalue weighted by Gasteiger charge is 2.29. The Labute approximate surface area is 92.0 Å². The van der Waals surface area contributed by atoms with Crippen LogP contribution < -0.4 is 5.32 Å². The van der Waals surface area contributed by atoms with Crippen molar-refractivity contribution in [1.82, 2.24) is 10.2 Å². The average molecular weight is 214 g/mol. The zero-order valence-corrected chi connectivity index (χ0v) is 9.95. The van der Waals surface area contributed by atoms with Gasteiger partial charge in [-0.2, -0.15) is 0 Å². The molecule has 0 spiro atoms. The van der Waals surface area contributed by atoms with E-state index in [0.29, 0.717) is 18.6 Å². The minimum atomic E-state index is 0.196. The second-order valence-electron chi connectivity index (χ2n) is 4.30. The van der Waals surface area contributed by atoms with Crippen molar-refractivity contribution >= 4 is 5.91 Å². The van der Waals surface area contributed by atoms with Crippen molar-refractivity contribution in [3.63, 3.8) is 0 Å². The fourth-order valence-electron chi connectivity index (χ4n) is 1.45. The van der Waals surface area contributed by atoms with E-state index in [-0.39, 0.29) is 5.91 Å². The van der Waals surface area contributed by atoms with Crippen molar-refractivity contribution in [2.45, 2.75) is 38.3 Å². The summed E-state index contributed by atoms with van der Waals surface area (Å²) in [5, 5.41) is 3.21. The molecule has 1 fully saturated rings. The molecule has 1 aliphatic carbocycles. The van der Waals surface area contributed by atoms with E-state index in [1.165, 1.54) is 12.8 Å². The number of carbonyl (C=O) groups is 1. The van der Waals surface area contributed by atoms with E-state index < -0.39 is 0 Å². The number of hydrogen-bond acceptors (Lipinski definition) is 3. The van der Waals surface area contributed by atoms with Crippen LogP contribution in [0.3, 0.4) is 0 Å². The first kappa shape index (κ1) is 12.5. The van der Waals surface area contributed by atoms with E-state index in [4.69, 9.17) is 4.74 Å². The van der Waals surface area contributed by atoms with E-state index in [1.807, 2.05) is 11.9 Å². The highest BCUT2D eigenvalue weighted by Crippen LogP contribution is 2.25. The molecule has 1 N–H and O–H groups in total. The van der Waals surface area contributed by atoms with Gasteiger partial charge in [-0.15, -0.1) is 0 Å². The van der Waals surface area contributed by atoms with Crippen molar-refractivity contribution in [1.29, 1.82) is 0 Å². The van der Waals surface area contributed by atoms with Crippen LogP contribution in [0.25, 0.3) is 0 Å². The average Bonchev–Trinajstić information content (AvgIpc) is 3.05. The molecule has 1 aliphatic rings. The third-order valence-corrected chi connectivity index (χ3v) is 2.84. The van der Waals surface area contributed by atoms with Crippen LogP contribution in [-0.4, -0.2) is 50.2 Å². The normalized spacial score (nSPS) is 17.5. The summed E-state index contributed by atoms with van der Waals surface area (Å²) in [6, 6.07) is 0.843. The van der Waals surface area contributed by atoms with Gasteiger partial charge in [0, 0.05) is 32.8 Å². The first-order valence-corrected chi connectivity index (χ1v) is 5.63. The summed E-state index contributed by atoms with van der Waals surface area (Å²) in [7, 11) is 3.58. The van der Waals surface area contributed by atoms with Gasteiger partial charge in [0.15, 0.2) is 0 Å². The molecule has 0 radical (unpaired) electrons. The molecule has 0 aromatic rings. The van der Waals surface area contributed by atoms with Crippen molar-refractivity contribution in [3.8, 4) is 0 Å². The second-order valence-corrected chi connectivity index (χ2v) is 4.30. The molecule has 1 amide bonds. The summed E-state index contributed by atoms with van der Waals surface area (Å²) < 4.78 is 4.98.